The van der Waals surface area contributed by atoms with Crippen LogP contribution in [0, 0.1) is 12.7 Å². The molecule has 0 unspecified atom stereocenters. The van der Waals surface area contributed by atoms with Crippen molar-refractivity contribution in [1.82, 2.24) is 9.21 Å². The molecular formula is C16H17FN2O4S. The number of aryl methyl sites for hydroxylation is 1. The molecule has 3 rings (SSSR count). The Hall–Kier alpha value is -2.19. The van der Waals surface area contributed by atoms with Crippen LogP contribution in [0.3, 0.4) is 0 Å². The van der Waals surface area contributed by atoms with Gasteiger partial charge in [0.2, 0.25) is 10.0 Å². The van der Waals surface area contributed by atoms with Crippen LogP contribution in [0.5, 0.6) is 0 Å². The second-order valence-electron chi connectivity index (χ2n) is 5.61. The first kappa shape index (κ1) is 16.7. The van der Waals surface area contributed by atoms with Gasteiger partial charge in [-0.3, -0.25) is 4.79 Å². The van der Waals surface area contributed by atoms with Crippen LogP contribution in [-0.2, 0) is 10.0 Å². The monoisotopic (exact) mass is 352 g/mol. The van der Waals surface area contributed by atoms with Crippen molar-refractivity contribution in [2.75, 3.05) is 26.2 Å². The van der Waals surface area contributed by atoms with E-state index in [1.165, 1.54) is 27.6 Å². The molecule has 2 heterocycles. The average molecular weight is 352 g/mol. The number of sulfonamides is 1. The minimum atomic E-state index is -3.92. The van der Waals surface area contributed by atoms with Gasteiger partial charge in [-0.05, 0) is 36.8 Å². The molecule has 1 saturated heterocycles. The molecule has 1 aromatic carbocycles. The van der Waals surface area contributed by atoms with E-state index in [1.54, 1.807) is 19.1 Å². The Morgan fingerprint density at radius 1 is 1.17 bits per heavy atom. The van der Waals surface area contributed by atoms with Gasteiger partial charge >= 0.3 is 0 Å². The number of rotatable bonds is 3. The van der Waals surface area contributed by atoms with E-state index < -0.39 is 15.8 Å². The van der Waals surface area contributed by atoms with Crippen molar-refractivity contribution in [3.8, 4) is 0 Å². The van der Waals surface area contributed by atoms with Crippen LogP contribution in [0.2, 0.25) is 0 Å². The van der Waals surface area contributed by atoms with Gasteiger partial charge in [0.05, 0.1) is 6.26 Å². The lowest BCUT2D eigenvalue weighted by Crippen LogP contribution is -2.50. The van der Waals surface area contributed by atoms with Crippen LogP contribution in [0.4, 0.5) is 4.39 Å². The predicted octanol–water partition coefficient (Wildman–Crippen LogP) is 1.87. The van der Waals surface area contributed by atoms with Gasteiger partial charge in [0.1, 0.15) is 10.7 Å². The van der Waals surface area contributed by atoms with Gasteiger partial charge in [-0.25, -0.2) is 12.8 Å². The lowest BCUT2D eigenvalue weighted by molar-refractivity contribution is 0.0666. The Bertz CT molecular complexity index is 841. The highest BCUT2D eigenvalue weighted by Gasteiger charge is 2.32. The molecule has 2 aromatic rings. The number of carbonyl (C=O) groups is 1. The fourth-order valence-corrected chi connectivity index (χ4v) is 4.21. The molecule has 0 saturated carbocycles. The van der Waals surface area contributed by atoms with Gasteiger partial charge in [-0.2, -0.15) is 4.31 Å². The topological polar surface area (TPSA) is 70.8 Å². The van der Waals surface area contributed by atoms with E-state index in [4.69, 9.17) is 4.42 Å². The number of hydrogen-bond donors (Lipinski definition) is 0. The summed E-state index contributed by atoms with van der Waals surface area (Å²) in [4.78, 5) is 13.4. The molecule has 1 fully saturated rings. The van der Waals surface area contributed by atoms with Gasteiger partial charge in [-0.15, -0.1) is 0 Å². The second kappa shape index (κ2) is 6.37. The molecule has 0 aliphatic carbocycles. The van der Waals surface area contributed by atoms with Crippen LogP contribution in [0.15, 0.2) is 45.9 Å². The molecule has 1 aromatic heterocycles. The van der Waals surface area contributed by atoms with E-state index in [-0.39, 0.29) is 42.7 Å². The van der Waals surface area contributed by atoms with Crippen LogP contribution in [-0.4, -0.2) is 49.7 Å². The van der Waals surface area contributed by atoms with Crippen molar-refractivity contribution >= 4 is 15.9 Å². The minimum absolute atomic E-state index is 0.113. The third kappa shape index (κ3) is 3.07. The fraction of sp³-hybridized carbons (Fsp3) is 0.312. The number of benzene rings is 1. The first-order chi connectivity index (χ1) is 11.4. The Kier molecular flexibility index (Phi) is 4.42. The lowest BCUT2D eigenvalue weighted by atomic mass is 10.2. The maximum absolute atomic E-state index is 13.9. The molecule has 0 atom stereocenters. The number of hydrogen-bond acceptors (Lipinski definition) is 4. The number of furan rings is 1. The summed E-state index contributed by atoms with van der Waals surface area (Å²) in [6.45, 7) is 2.39. The molecule has 0 N–H and O–H groups in total. The van der Waals surface area contributed by atoms with Crippen LogP contribution >= 0.6 is 0 Å². The second-order valence-corrected chi connectivity index (χ2v) is 7.51. The van der Waals surface area contributed by atoms with Gasteiger partial charge < -0.3 is 9.32 Å². The Morgan fingerprint density at radius 3 is 2.50 bits per heavy atom. The molecule has 0 spiro atoms. The van der Waals surface area contributed by atoms with Gasteiger partial charge in [0.25, 0.3) is 5.91 Å². The van der Waals surface area contributed by atoms with E-state index in [2.05, 4.69) is 0 Å². The largest absolute Gasteiger partial charge is 0.459 e. The van der Waals surface area contributed by atoms with Crippen molar-refractivity contribution < 1.29 is 22.0 Å². The summed E-state index contributed by atoms with van der Waals surface area (Å²) in [5.74, 6) is -0.829. The highest BCUT2D eigenvalue weighted by atomic mass is 32.2. The number of piperazine rings is 1. The summed E-state index contributed by atoms with van der Waals surface area (Å²) in [6.07, 6.45) is 1.41. The first-order valence-corrected chi connectivity index (χ1v) is 8.92. The summed E-state index contributed by atoms with van der Waals surface area (Å²) in [5, 5.41) is 0. The molecule has 0 radical (unpaired) electrons. The average Bonchev–Trinajstić information content (AvgIpc) is 3.11. The van der Waals surface area contributed by atoms with Crippen LogP contribution in [0.25, 0.3) is 0 Å². The summed E-state index contributed by atoms with van der Waals surface area (Å²) >= 11 is 0. The molecule has 6 nitrogen and oxygen atoms in total. The van der Waals surface area contributed by atoms with Crippen molar-refractivity contribution in [2.45, 2.75) is 11.8 Å². The van der Waals surface area contributed by atoms with Crippen LogP contribution in [0.1, 0.15) is 16.1 Å². The number of halogens is 1. The van der Waals surface area contributed by atoms with Crippen LogP contribution < -0.4 is 0 Å². The van der Waals surface area contributed by atoms with E-state index >= 15 is 0 Å². The van der Waals surface area contributed by atoms with E-state index in [0.29, 0.717) is 5.56 Å². The first-order valence-electron chi connectivity index (χ1n) is 7.48. The normalized spacial score (nSPS) is 16.3. The van der Waals surface area contributed by atoms with E-state index in [9.17, 15) is 17.6 Å². The van der Waals surface area contributed by atoms with E-state index in [1.807, 2.05) is 0 Å². The maximum Gasteiger partial charge on any atom is 0.289 e. The molecule has 24 heavy (non-hydrogen) atoms. The number of nitrogens with zero attached hydrogens (tertiary/aromatic N) is 2. The van der Waals surface area contributed by atoms with Gasteiger partial charge in [0.15, 0.2) is 5.76 Å². The third-order valence-electron chi connectivity index (χ3n) is 3.96. The zero-order chi connectivity index (χ0) is 17.3. The molecule has 128 valence electrons. The summed E-state index contributed by atoms with van der Waals surface area (Å²) in [6, 6.07) is 7.18. The zero-order valence-electron chi connectivity index (χ0n) is 13.1. The van der Waals surface area contributed by atoms with Crippen molar-refractivity contribution in [3.63, 3.8) is 0 Å². The highest BCUT2D eigenvalue weighted by Crippen LogP contribution is 2.22. The number of carbonyl (C=O) groups excluding carboxylic acids is 1. The standard InChI is InChI=1S/C16H17FN2O4S/c1-12-4-5-13(17)15(11-12)24(21,22)19-8-6-18(7-9-19)16(20)14-3-2-10-23-14/h2-5,10-11H,6-9H2,1H3. The lowest BCUT2D eigenvalue weighted by Gasteiger charge is -2.33. The summed E-state index contributed by atoms with van der Waals surface area (Å²) in [7, 11) is -3.92. The summed E-state index contributed by atoms with van der Waals surface area (Å²) in [5.41, 5.74) is 0.668. The molecule has 1 aliphatic heterocycles. The highest BCUT2D eigenvalue weighted by molar-refractivity contribution is 7.89. The zero-order valence-corrected chi connectivity index (χ0v) is 13.9. The SMILES string of the molecule is Cc1ccc(F)c(S(=O)(=O)N2CCN(C(=O)c3ccco3)CC2)c1. The maximum atomic E-state index is 13.9. The molecular weight excluding hydrogens is 335 g/mol. The smallest absolute Gasteiger partial charge is 0.289 e. The van der Waals surface area contributed by atoms with Gasteiger partial charge in [-0.1, -0.05) is 6.07 Å². The Labute approximate surface area is 139 Å². The Balaban J connectivity index is 1.74. The summed E-state index contributed by atoms with van der Waals surface area (Å²) < 4.78 is 45.5. The van der Waals surface area contributed by atoms with Gasteiger partial charge in [0, 0.05) is 26.2 Å². The minimum Gasteiger partial charge on any atom is -0.459 e. The quantitative estimate of drug-likeness (QED) is 0.846. The molecule has 0 bridgehead atoms. The predicted molar refractivity (Wildman–Crippen MR) is 84.5 cm³/mol. The molecule has 1 amide bonds. The van der Waals surface area contributed by atoms with Crippen molar-refractivity contribution in [2.24, 2.45) is 0 Å². The fourth-order valence-electron chi connectivity index (χ4n) is 2.63. The van der Waals surface area contributed by atoms with Crippen molar-refractivity contribution in [1.29, 1.82) is 0 Å². The Morgan fingerprint density at radius 2 is 1.88 bits per heavy atom. The molecule has 1 aliphatic rings. The molecule has 8 heteroatoms. The van der Waals surface area contributed by atoms with E-state index in [0.717, 1.165) is 6.07 Å². The third-order valence-corrected chi connectivity index (χ3v) is 5.88. The number of amides is 1. The van der Waals surface area contributed by atoms with Crippen molar-refractivity contribution in [3.05, 3.63) is 53.7 Å².